The fourth-order valence-electron chi connectivity index (χ4n) is 1.56. The van der Waals surface area contributed by atoms with Crippen molar-refractivity contribution < 1.29 is 19.1 Å². The average Bonchev–Trinajstić information content (AvgIpc) is 2.91. The van der Waals surface area contributed by atoms with Gasteiger partial charge in [0.15, 0.2) is 6.04 Å². The van der Waals surface area contributed by atoms with Gasteiger partial charge < -0.3 is 14.4 Å². The lowest BCUT2D eigenvalue weighted by molar-refractivity contribution is -0.151. The molecule has 0 saturated carbocycles. The van der Waals surface area contributed by atoms with Gasteiger partial charge in [-0.2, -0.15) is 5.21 Å². The van der Waals surface area contributed by atoms with Crippen molar-refractivity contribution >= 4 is 11.9 Å². The molecule has 0 bridgehead atoms. The van der Waals surface area contributed by atoms with Crippen molar-refractivity contribution in [2.45, 2.75) is 6.04 Å². The second kappa shape index (κ2) is 4.87. The van der Waals surface area contributed by atoms with Crippen LogP contribution in [-0.4, -0.2) is 70.3 Å². The Morgan fingerprint density at radius 1 is 1.59 bits per heavy atom. The molecule has 2 heterocycles. The minimum atomic E-state index is -0.764. The van der Waals surface area contributed by atoms with E-state index in [1.54, 1.807) is 0 Å². The molecule has 1 aliphatic heterocycles. The smallest absolute Gasteiger partial charge is 0.331 e. The summed E-state index contributed by atoms with van der Waals surface area (Å²) in [4.78, 5) is 24.8. The number of carbonyl (C=O) groups is 2. The molecule has 92 valence electrons. The Balaban J connectivity index is 2.16. The zero-order chi connectivity index (χ0) is 12.3. The number of hydrogen-bond acceptors (Lipinski definition) is 7. The first-order chi connectivity index (χ1) is 8.24. The van der Waals surface area contributed by atoms with Crippen molar-refractivity contribution in [2.75, 3.05) is 26.9 Å². The molecule has 0 spiro atoms. The number of carbonyl (C=O) groups excluding carboxylic acids is 2. The van der Waals surface area contributed by atoms with Gasteiger partial charge in [-0.15, -0.1) is 10.2 Å². The monoisotopic (exact) mass is 241 g/mol. The molecule has 1 aromatic rings. The number of H-pyrrole nitrogens is 1. The van der Waals surface area contributed by atoms with E-state index in [9.17, 15) is 9.59 Å². The molecule has 0 aliphatic carbocycles. The van der Waals surface area contributed by atoms with E-state index in [-0.39, 0.29) is 19.0 Å². The van der Waals surface area contributed by atoms with Crippen molar-refractivity contribution in [3.8, 4) is 0 Å². The molecule has 0 radical (unpaired) electrons. The standard InChI is InChI=1S/C8H11N5O4/c1-16-8(15)5-4-17-3-2-13(5)7(14)6-9-11-12-10-6/h5H,2-4H2,1H3,(H,9,10,11,12). The Morgan fingerprint density at radius 2 is 2.41 bits per heavy atom. The SMILES string of the molecule is COC(=O)C1COCCN1C(=O)c1nn[nH]n1. The first kappa shape index (κ1) is 11.5. The van der Waals surface area contributed by atoms with E-state index in [4.69, 9.17) is 4.74 Å². The Bertz CT molecular complexity index is 406. The number of hydrogen-bond donors (Lipinski definition) is 1. The highest BCUT2D eigenvalue weighted by Gasteiger charge is 2.35. The summed E-state index contributed by atoms with van der Waals surface area (Å²) in [6, 6.07) is -0.764. The molecule has 9 heteroatoms. The average molecular weight is 241 g/mol. The van der Waals surface area contributed by atoms with Crippen molar-refractivity contribution in [1.29, 1.82) is 0 Å². The van der Waals surface area contributed by atoms with Crippen LogP contribution >= 0.6 is 0 Å². The molecule has 1 fully saturated rings. The third-order valence-electron chi connectivity index (χ3n) is 2.40. The zero-order valence-electron chi connectivity index (χ0n) is 9.12. The first-order valence-corrected chi connectivity index (χ1v) is 4.94. The quantitative estimate of drug-likeness (QED) is 0.609. The van der Waals surface area contributed by atoms with E-state index < -0.39 is 17.9 Å². The highest BCUT2D eigenvalue weighted by molar-refractivity contribution is 5.93. The number of aromatic nitrogens is 4. The van der Waals surface area contributed by atoms with Gasteiger partial charge in [0.25, 0.3) is 11.7 Å². The van der Waals surface area contributed by atoms with Gasteiger partial charge in [0, 0.05) is 6.54 Å². The molecule has 0 aromatic carbocycles. The summed E-state index contributed by atoms with van der Waals surface area (Å²) < 4.78 is 9.75. The van der Waals surface area contributed by atoms with Gasteiger partial charge in [0.1, 0.15) is 0 Å². The van der Waals surface area contributed by atoms with Crippen molar-refractivity contribution in [3.05, 3.63) is 5.82 Å². The maximum atomic E-state index is 12.0. The Kier molecular flexibility index (Phi) is 3.28. The molecular weight excluding hydrogens is 230 g/mol. The zero-order valence-corrected chi connectivity index (χ0v) is 9.12. The van der Waals surface area contributed by atoms with Gasteiger partial charge in [0.2, 0.25) is 0 Å². The highest BCUT2D eigenvalue weighted by Crippen LogP contribution is 2.11. The molecule has 9 nitrogen and oxygen atoms in total. The first-order valence-electron chi connectivity index (χ1n) is 4.94. The summed E-state index contributed by atoms with van der Waals surface area (Å²) >= 11 is 0. The van der Waals surface area contributed by atoms with E-state index >= 15 is 0 Å². The number of methoxy groups -OCH3 is 1. The Labute approximate surface area is 96.1 Å². The lowest BCUT2D eigenvalue weighted by Crippen LogP contribution is -2.53. The fourth-order valence-corrected chi connectivity index (χ4v) is 1.56. The van der Waals surface area contributed by atoms with Crippen molar-refractivity contribution in [1.82, 2.24) is 25.5 Å². The van der Waals surface area contributed by atoms with Crippen LogP contribution in [0.15, 0.2) is 0 Å². The third-order valence-corrected chi connectivity index (χ3v) is 2.40. The molecule has 2 rings (SSSR count). The van der Waals surface area contributed by atoms with E-state index in [0.717, 1.165) is 0 Å². The van der Waals surface area contributed by atoms with E-state index in [0.29, 0.717) is 6.61 Å². The predicted molar refractivity (Wildman–Crippen MR) is 51.8 cm³/mol. The van der Waals surface area contributed by atoms with E-state index in [1.807, 2.05) is 0 Å². The molecule has 1 aliphatic rings. The van der Waals surface area contributed by atoms with Crippen LogP contribution in [0.5, 0.6) is 0 Å². The van der Waals surface area contributed by atoms with Crippen LogP contribution in [0, 0.1) is 0 Å². The van der Waals surface area contributed by atoms with E-state index in [2.05, 4.69) is 25.4 Å². The molecule has 1 atom stereocenters. The molecule has 1 unspecified atom stereocenters. The minimum Gasteiger partial charge on any atom is -0.467 e. The highest BCUT2D eigenvalue weighted by atomic mass is 16.5. The molecule has 1 N–H and O–H groups in total. The van der Waals surface area contributed by atoms with Crippen LogP contribution in [0.4, 0.5) is 0 Å². The maximum absolute atomic E-state index is 12.0. The number of amides is 1. The number of ether oxygens (including phenoxy) is 2. The second-order valence-corrected chi connectivity index (χ2v) is 3.35. The van der Waals surface area contributed by atoms with Gasteiger partial charge in [0.05, 0.1) is 20.3 Å². The summed E-state index contributed by atoms with van der Waals surface area (Å²) in [5, 5.41) is 12.6. The third kappa shape index (κ3) is 2.23. The van der Waals surface area contributed by atoms with Gasteiger partial charge in [-0.25, -0.2) is 4.79 Å². The summed E-state index contributed by atoms with van der Waals surface area (Å²) in [6.07, 6.45) is 0. The lowest BCUT2D eigenvalue weighted by Gasteiger charge is -2.32. The fraction of sp³-hybridized carbons (Fsp3) is 0.625. The summed E-state index contributed by atoms with van der Waals surface area (Å²) in [5.74, 6) is -1.08. The topological polar surface area (TPSA) is 110 Å². The van der Waals surface area contributed by atoms with Crippen LogP contribution in [0.1, 0.15) is 10.6 Å². The van der Waals surface area contributed by atoms with Crippen LogP contribution in [0.25, 0.3) is 0 Å². The molecule has 1 amide bonds. The van der Waals surface area contributed by atoms with Crippen LogP contribution in [0.2, 0.25) is 0 Å². The number of morpholine rings is 1. The molecule has 1 saturated heterocycles. The number of nitrogens with one attached hydrogen (secondary N) is 1. The minimum absolute atomic E-state index is 0.0826. The Morgan fingerprint density at radius 3 is 3.06 bits per heavy atom. The summed E-state index contributed by atoms with van der Waals surface area (Å²) in [7, 11) is 1.26. The number of esters is 1. The van der Waals surface area contributed by atoms with Crippen molar-refractivity contribution in [2.24, 2.45) is 0 Å². The second-order valence-electron chi connectivity index (χ2n) is 3.35. The summed E-state index contributed by atoms with van der Waals surface area (Å²) in [5.41, 5.74) is 0. The van der Waals surface area contributed by atoms with Gasteiger partial charge in [-0.05, 0) is 5.21 Å². The largest absolute Gasteiger partial charge is 0.467 e. The predicted octanol–water partition coefficient (Wildman–Crippen LogP) is -1.79. The lowest BCUT2D eigenvalue weighted by atomic mass is 10.2. The van der Waals surface area contributed by atoms with Gasteiger partial charge in [-0.3, -0.25) is 4.79 Å². The maximum Gasteiger partial charge on any atom is 0.331 e. The number of rotatable bonds is 2. The normalized spacial score (nSPS) is 20.1. The van der Waals surface area contributed by atoms with Crippen LogP contribution in [-0.2, 0) is 14.3 Å². The van der Waals surface area contributed by atoms with Crippen LogP contribution < -0.4 is 0 Å². The van der Waals surface area contributed by atoms with Crippen LogP contribution in [0.3, 0.4) is 0 Å². The molecule has 17 heavy (non-hydrogen) atoms. The number of nitrogens with zero attached hydrogens (tertiary/aromatic N) is 4. The molecular formula is C8H11N5O4. The number of tetrazole rings is 1. The number of aromatic amines is 1. The van der Waals surface area contributed by atoms with E-state index in [1.165, 1.54) is 12.0 Å². The molecule has 1 aromatic heterocycles. The summed E-state index contributed by atoms with van der Waals surface area (Å²) in [6.45, 7) is 0.750. The van der Waals surface area contributed by atoms with Gasteiger partial charge in [-0.1, -0.05) is 0 Å². The van der Waals surface area contributed by atoms with Gasteiger partial charge >= 0.3 is 5.97 Å². The Hall–Kier alpha value is -2.03. The van der Waals surface area contributed by atoms with Crippen molar-refractivity contribution in [3.63, 3.8) is 0 Å².